The number of nitrogens with zero attached hydrogens (tertiary/aromatic N) is 3. The van der Waals surface area contributed by atoms with Gasteiger partial charge in [0.05, 0.1) is 0 Å². The molecule has 0 saturated heterocycles. The van der Waals surface area contributed by atoms with Gasteiger partial charge < -0.3 is 0 Å². The van der Waals surface area contributed by atoms with Crippen LogP contribution in [-0.4, -0.2) is 29.0 Å². The van der Waals surface area contributed by atoms with E-state index in [-0.39, 0.29) is 9.63 Å². The number of hydrogen-bond acceptors (Lipinski definition) is 4. The Kier molecular flexibility index (Phi) is 4.32. The molecule has 17 heavy (non-hydrogen) atoms. The molecule has 0 atom stereocenters. The second-order valence-corrected chi connectivity index (χ2v) is 6.53. The van der Waals surface area contributed by atoms with Gasteiger partial charge in [0.2, 0.25) is 5.03 Å². The monoisotopic (exact) mass is 324 g/mol. The van der Waals surface area contributed by atoms with E-state index < -0.39 is 15.6 Å². The quantitative estimate of drug-likeness (QED) is 0.888. The largest absolute Gasteiger partial charge is 0.261 e. The minimum Gasteiger partial charge on any atom is -0.235 e. The van der Waals surface area contributed by atoms with Crippen molar-refractivity contribution in [2.45, 2.75) is 44.2 Å². The van der Waals surface area contributed by atoms with Crippen LogP contribution < -0.4 is 4.72 Å². The Labute approximate surface area is 110 Å². The Morgan fingerprint density at radius 3 is 2.29 bits per heavy atom. The molecule has 0 aliphatic heterocycles. The molecule has 0 aliphatic carbocycles. The van der Waals surface area contributed by atoms with Crippen LogP contribution in [0.3, 0.4) is 0 Å². The minimum atomic E-state index is -3.62. The highest BCUT2D eigenvalue weighted by Crippen LogP contribution is 2.22. The number of rotatable bonds is 5. The van der Waals surface area contributed by atoms with Crippen molar-refractivity contribution in [3.8, 4) is 0 Å². The van der Waals surface area contributed by atoms with Crippen molar-refractivity contribution in [2.24, 2.45) is 7.05 Å². The van der Waals surface area contributed by atoms with Crippen LogP contribution in [-0.2, 0) is 17.1 Å². The minimum absolute atomic E-state index is 0.0469. The maximum Gasteiger partial charge on any atom is 0.261 e. The van der Waals surface area contributed by atoms with Gasteiger partial charge in [0, 0.05) is 12.6 Å². The molecule has 6 nitrogen and oxygen atoms in total. The van der Waals surface area contributed by atoms with Crippen LogP contribution in [0.2, 0.25) is 0 Å². The molecule has 8 heteroatoms. The topological polar surface area (TPSA) is 76.9 Å². The molecule has 1 heterocycles. The van der Waals surface area contributed by atoms with E-state index >= 15 is 0 Å². The Morgan fingerprint density at radius 1 is 1.41 bits per heavy atom. The van der Waals surface area contributed by atoms with Crippen LogP contribution in [0.15, 0.2) is 9.63 Å². The molecule has 0 aromatic carbocycles. The summed E-state index contributed by atoms with van der Waals surface area (Å²) in [5.74, 6) is 0. The molecule has 0 amide bonds. The normalized spacial score (nSPS) is 13.0. The molecule has 0 aliphatic rings. The highest BCUT2D eigenvalue weighted by atomic mass is 79.9. The maximum atomic E-state index is 12.2. The first-order valence-corrected chi connectivity index (χ1v) is 7.62. The van der Waals surface area contributed by atoms with Gasteiger partial charge in [-0.3, -0.25) is 0 Å². The van der Waals surface area contributed by atoms with Gasteiger partial charge in [-0.1, -0.05) is 19.1 Å². The number of aryl methyl sites for hydroxylation is 1. The van der Waals surface area contributed by atoms with Crippen LogP contribution >= 0.6 is 15.9 Å². The second-order valence-electron chi connectivity index (χ2n) is 4.18. The van der Waals surface area contributed by atoms with Gasteiger partial charge in [0.1, 0.15) is 0 Å². The molecule has 0 spiro atoms. The summed E-state index contributed by atoms with van der Waals surface area (Å²) in [7, 11) is -2.08. The molecule has 1 aromatic rings. The van der Waals surface area contributed by atoms with Crippen molar-refractivity contribution in [1.29, 1.82) is 0 Å². The summed E-state index contributed by atoms with van der Waals surface area (Å²) >= 11 is 3.09. The third-order valence-corrected chi connectivity index (χ3v) is 5.46. The summed E-state index contributed by atoms with van der Waals surface area (Å²) in [4.78, 5) is 0. The van der Waals surface area contributed by atoms with Crippen LogP contribution in [0, 0.1) is 0 Å². The van der Waals surface area contributed by atoms with Gasteiger partial charge in [0.15, 0.2) is 4.60 Å². The smallest absolute Gasteiger partial charge is 0.235 e. The van der Waals surface area contributed by atoms with Crippen molar-refractivity contribution >= 4 is 26.0 Å². The Hall–Kier alpha value is -0.470. The first-order valence-electron chi connectivity index (χ1n) is 5.35. The fourth-order valence-electron chi connectivity index (χ4n) is 1.38. The van der Waals surface area contributed by atoms with Gasteiger partial charge in [-0.25, -0.2) is 17.8 Å². The lowest BCUT2D eigenvalue weighted by atomic mass is 9.98. The third kappa shape index (κ3) is 3.05. The summed E-state index contributed by atoms with van der Waals surface area (Å²) in [6.45, 7) is 5.77. The zero-order valence-electron chi connectivity index (χ0n) is 10.4. The summed E-state index contributed by atoms with van der Waals surface area (Å²) < 4.78 is 28.6. The summed E-state index contributed by atoms with van der Waals surface area (Å²) in [6, 6.07) is 0. The number of hydrogen-bond donors (Lipinski definition) is 1. The highest BCUT2D eigenvalue weighted by molar-refractivity contribution is 9.10. The number of sulfonamides is 1. The van der Waals surface area contributed by atoms with E-state index in [4.69, 9.17) is 0 Å². The molecule has 0 unspecified atom stereocenters. The fourth-order valence-corrected chi connectivity index (χ4v) is 4.02. The van der Waals surface area contributed by atoms with Gasteiger partial charge in [0.25, 0.3) is 10.0 Å². The summed E-state index contributed by atoms with van der Waals surface area (Å²) in [5, 5.41) is 7.39. The van der Waals surface area contributed by atoms with Crippen LogP contribution in [0.5, 0.6) is 0 Å². The predicted octanol–water partition coefficient (Wildman–Crippen LogP) is 1.43. The lowest BCUT2D eigenvalue weighted by Crippen LogP contribution is -2.45. The van der Waals surface area contributed by atoms with Crippen LogP contribution in [0.4, 0.5) is 0 Å². The first kappa shape index (κ1) is 14.6. The molecule has 1 aromatic heterocycles. The Balaban J connectivity index is 3.14. The van der Waals surface area contributed by atoms with E-state index in [1.165, 1.54) is 4.68 Å². The van der Waals surface area contributed by atoms with Crippen LogP contribution in [0.1, 0.15) is 33.6 Å². The fraction of sp³-hybridized carbons (Fsp3) is 0.778. The first-order chi connectivity index (χ1) is 7.75. The number of nitrogens with one attached hydrogen (secondary N) is 1. The van der Waals surface area contributed by atoms with E-state index in [0.29, 0.717) is 12.8 Å². The van der Waals surface area contributed by atoms with Crippen molar-refractivity contribution < 1.29 is 8.42 Å². The van der Waals surface area contributed by atoms with E-state index in [2.05, 4.69) is 31.0 Å². The third-order valence-electron chi connectivity index (χ3n) is 2.93. The Morgan fingerprint density at radius 2 is 1.94 bits per heavy atom. The molecule has 1 N–H and O–H groups in total. The van der Waals surface area contributed by atoms with E-state index in [1.807, 2.05) is 20.8 Å². The Bertz CT molecular complexity index is 474. The van der Waals surface area contributed by atoms with E-state index in [0.717, 1.165) is 0 Å². The second kappa shape index (κ2) is 5.03. The van der Waals surface area contributed by atoms with E-state index in [9.17, 15) is 8.42 Å². The molecule has 98 valence electrons. The molecule has 0 bridgehead atoms. The molecule has 1 rings (SSSR count). The van der Waals surface area contributed by atoms with Crippen LogP contribution in [0.25, 0.3) is 0 Å². The molecule has 0 fully saturated rings. The predicted molar refractivity (Wildman–Crippen MR) is 68.0 cm³/mol. The highest BCUT2D eigenvalue weighted by Gasteiger charge is 2.31. The average Bonchev–Trinajstić information content (AvgIpc) is 2.58. The lowest BCUT2D eigenvalue weighted by Gasteiger charge is -2.27. The molecule has 0 radical (unpaired) electrons. The van der Waals surface area contributed by atoms with Gasteiger partial charge in [-0.05, 0) is 35.7 Å². The number of aromatic nitrogens is 3. The average molecular weight is 325 g/mol. The SMILES string of the molecule is CCC(C)(CC)NS(=O)(=O)c1c(Br)nnn1C. The van der Waals surface area contributed by atoms with Crippen molar-refractivity contribution in [2.75, 3.05) is 0 Å². The van der Waals surface area contributed by atoms with E-state index in [1.54, 1.807) is 7.05 Å². The zero-order chi connectivity index (χ0) is 13.3. The van der Waals surface area contributed by atoms with Crippen molar-refractivity contribution in [1.82, 2.24) is 19.7 Å². The van der Waals surface area contributed by atoms with Gasteiger partial charge in [-0.15, -0.1) is 5.10 Å². The van der Waals surface area contributed by atoms with Crippen molar-refractivity contribution in [3.05, 3.63) is 4.60 Å². The molecular formula is C9H17BrN4O2S. The molecule has 0 saturated carbocycles. The van der Waals surface area contributed by atoms with Crippen molar-refractivity contribution in [3.63, 3.8) is 0 Å². The lowest BCUT2D eigenvalue weighted by molar-refractivity contribution is 0.386. The maximum absolute atomic E-state index is 12.2. The van der Waals surface area contributed by atoms with Gasteiger partial charge in [-0.2, -0.15) is 0 Å². The molecular weight excluding hydrogens is 308 g/mol. The zero-order valence-corrected chi connectivity index (χ0v) is 12.8. The number of halogens is 1. The standard InChI is InChI=1S/C9H17BrN4O2S/c1-5-9(3,6-2)12-17(15,16)8-7(10)11-13-14(8)4/h12H,5-6H2,1-4H3. The summed E-state index contributed by atoms with van der Waals surface area (Å²) in [6.07, 6.45) is 1.43. The summed E-state index contributed by atoms with van der Waals surface area (Å²) in [5.41, 5.74) is -0.456. The van der Waals surface area contributed by atoms with Gasteiger partial charge >= 0.3 is 0 Å².